The van der Waals surface area contributed by atoms with Crippen LogP contribution in [0.4, 0.5) is 5.69 Å². The molecular weight excluding hydrogens is 450 g/mol. The van der Waals surface area contributed by atoms with Crippen molar-refractivity contribution >= 4 is 28.9 Å². The van der Waals surface area contributed by atoms with Gasteiger partial charge in [0.05, 0.1) is 12.6 Å². The van der Waals surface area contributed by atoms with Crippen LogP contribution in [-0.4, -0.2) is 48.5 Å². The molecule has 3 atom stereocenters. The molecular formula is C26H33N3O4S. The molecule has 2 bridgehead atoms. The summed E-state index contributed by atoms with van der Waals surface area (Å²) >= 11 is 5.75. The summed E-state index contributed by atoms with van der Waals surface area (Å²) in [6.45, 7) is 9.60. The topological polar surface area (TPSA) is 72.1 Å². The molecule has 0 radical (unpaired) electrons. The van der Waals surface area contributed by atoms with Gasteiger partial charge in [0.2, 0.25) is 5.91 Å². The SMILES string of the molecule is CCOc1cccc2c1O[C@]1(C)[C@H](C(=O)Nc3ccc(C)cc3C)[C@@H]2NC(=S)N1CCCOC. The average molecular weight is 484 g/mol. The van der Waals surface area contributed by atoms with Crippen molar-refractivity contribution in [1.29, 1.82) is 0 Å². The number of benzene rings is 2. The minimum Gasteiger partial charge on any atom is -0.490 e. The zero-order chi connectivity index (χ0) is 24.5. The molecule has 0 aromatic heterocycles. The molecule has 2 N–H and O–H groups in total. The molecule has 4 rings (SSSR count). The molecule has 1 saturated heterocycles. The zero-order valence-electron chi connectivity index (χ0n) is 20.4. The summed E-state index contributed by atoms with van der Waals surface area (Å²) in [4.78, 5) is 15.8. The molecule has 1 fully saturated rings. The van der Waals surface area contributed by atoms with E-state index in [1.165, 1.54) is 0 Å². The zero-order valence-corrected chi connectivity index (χ0v) is 21.3. The summed E-state index contributed by atoms with van der Waals surface area (Å²) in [5.74, 6) is 0.626. The first kappa shape index (κ1) is 24.3. The summed E-state index contributed by atoms with van der Waals surface area (Å²) in [6, 6.07) is 11.4. The van der Waals surface area contributed by atoms with Crippen molar-refractivity contribution in [3.63, 3.8) is 0 Å². The Bertz CT molecular complexity index is 1090. The number of fused-ring (bicyclic) bond motifs is 4. The second-order valence-electron chi connectivity index (χ2n) is 8.97. The lowest BCUT2D eigenvalue weighted by atomic mass is 9.78. The second kappa shape index (κ2) is 9.80. The highest BCUT2D eigenvalue weighted by molar-refractivity contribution is 7.80. The van der Waals surface area contributed by atoms with E-state index in [-0.39, 0.29) is 11.9 Å². The number of hydrogen-bond donors (Lipinski definition) is 2. The van der Waals surface area contributed by atoms with Crippen molar-refractivity contribution in [2.45, 2.75) is 45.9 Å². The summed E-state index contributed by atoms with van der Waals surface area (Å²) in [6.07, 6.45) is 0.743. The third-order valence-corrected chi connectivity index (χ3v) is 6.91. The third kappa shape index (κ3) is 4.32. The van der Waals surface area contributed by atoms with E-state index >= 15 is 0 Å². The molecule has 0 aliphatic carbocycles. The van der Waals surface area contributed by atoms with E-state index in [9.17, 15) is 4.79 Å². The number of carbonyl (C=O) groups excluding carboxylic acids is 1. The van der Waals surface area contributed by atoms with Crippen molar-refractivity contribution in [2.75, 3.05) is 32.2 Å². The van der Waals surface area contributed by atoms with Gasteiger partial charge in [-0.25, -0.2) is 0 Å². The largest absolute Gasteiger partial charge is 0.490 e. The average Bonchev–Trinajstić information content (AvgIpc) is 2.78. The Hall–Kier alpha value is -2.84. The first-order chi connectivity index (χ1) is 16.3. The van der Waals surface area contributed by atoms with Crippen LogP contribution >= 0.6 is 12.2 Å². The van der Waals surface area contributed by atoms with Gasteiger partial charge in [-0.05, 0) is 64.0 Å². The maximum atomic E-state index is 13.9. The quantitative estimate of drug-likeness (QED) is 0.428. The number of carbonyl (C=O) groups is 1. The lowest BCUT2D eigenvalue weighted by molar-refractivity contribution is -0.150. The van der Waals surface area contributed by atoms with Gasteiger partial charge >= 0.3 is 0 Å². The number of thiocarbonyl (C=S) groups is 1. The summed E-state index contributed by atoms with van der Waals surface area (Å²) < 4.78 is 17.8. The number of ether oxygens (including phenoxy) is 3. The van der Waals surface area contributed by atoms with Gasteiger partial charge in [0, 0.05) is 31.5 Å². The number of amides is 1. The summed E-state index contributed by atoms with van der Waals surface area (Å²) in [5, 5.41) is 7.15. The predicted molar refractivity (Wildman–Crippen MR) is 136 cm³/mol. The predicted octanol–water partition coefficient (Wildman–Crippen LogP) is 4.33. The highest BCUT2D eigenvalue weighted by Gasteiger charge is 2.59. The highest BCUT2D eigenvalue weighted by atomic mass is 32.1. The monoisotopic (exact) mass is 483 g/mol. The molecule has 34 heavy (non-hydrogen) atoms. The van der Waals surface area contributed by atoms with Gasteiger partial charge in [-0.15, -0.1) is 0 Å². The van der Waals surface area contributed by atoms with Crippen LogP contribution in [0.5, 0.6) is 11.5 Å². The number of anilines is 1. The van der Waals surface area contributed by atoms with Crippen molar-refractivity contribution < 1.29 is 19.0 Å². The van der Waals surface area contributed by atoms with Crippen LogP contribution in [-0.2, 0) is 9.53 Å². The van der Waals surface area contributed by atoms with Gasteiger partial charge in [-0.2, -0.15) is 0 Å². The Kier molecular flexibility index (Phi) is 7.00. The van der Waals surface area contributed by atoms with Crippen molar-refractivity contribution in [2.24, 2.45) is 5.92 Å². The number of rotatable bonds is 8. The number of para-hydroxylation sites is 1. The van der Waals surface area contributed by atoms with E-state index in [1.54, 1.807) is 7.11 Å². The maximum absolute atomic E-state index is 13.9. The van der Waals surface area contributed by atoms with Gasteiger partial charge in [0.15, 0.2) is 22.3 Å². The summed E-state index contributed by atoms with van der Waals surface area (Å²) in [7, 11) is 1.67. The number of nitrogens with zero attached hydrogens (tertiary/aromatic N) is 1. The normalized spacial score (nSPS) is 23.0. The number of aryl methyl sites for hydroxylation is 2. The minimum atomic E-state index is -1.01. The van der Waals surface area contributed by atoms with Crippen LogP contribution in [0, 0.1) is 19.8 Å². The van der Waals surface area contributed by atoms with Crippen LogP contribution in [0.2, 0.25) is 0 Å². The Labute approximate surface area is 206 Å². The molecule has 2 aliphatic heterocycles. The second-order valence-corrected chi connectivity index (χ2v) is 9.36. The number of nitrogens with one attached hydrogen (secondary N) is 2. The number of hydrogen-bond acceptors (Lipinski definition) is 5. The van der Waals surface area contributed by atoms with Crippen LogP contribution in [0.15, 0.2) is 36.4 Å². The van der Waals surface area contributed by atoms with E-state index < -0.39 is 11.6 Å². The molecule has 2 aliphatic rings. The fraction of sp³-hybridized carbons (Fsp3) is 0.462. The van der Waals surface area contributed by atoms with Gasteiger partial charge < -0.3 is 29.7 Å². The highest BCUT2D eigenvalue weighted by Crippen LogP contribution is 2.51. The molecule has 1 amide bonds. The van der Waals surface area contributed by atoms with Crippen molar-refractivity contribution in [1.82, 2.24) is 10.2 Å². The van der Waals surface area contributed by atoms with Crippen LogP contribution in [0.3, 0.4) is 0 Å². The molecule has 0 unspecified atom stereocenters. The first-order valence-corrected chi connectivity index (χ1v) is 12.1. The van der Waals surface area contributed by atoms with Gasteiger partial charge in [0.1, 0.15) is 5.92 Å². The Morgan fingerprint density at radius 3 is 2.79 bits per heavy atom. The molecule has 2 heterocycles. The lowest BCUT2D eigenvalue weighted by Gasteiger charge is -2.56. The fourth-order valence-corrected chi connectivity index (χ4v) is 5.36. The first-order valence-electron chi connectivity index (χ1n) is 11.7. The van der Waals surface area contributed by atoms with Gasteiger partial charge in [0.25, 0.3) is 0 Å². The molecule has 8 heteroatoms. The maximum Gasteiger partial charge on any atom is 0.236 e. The molecule has 7 nitrogen and oxygen atoms in total. The minimum absolute atomic E-state index is 0.126. The van der Waals surface area contributed by atoms with Gasteiger partial charge in [-0.1, -0.05) is 29.8 Å². The Morgan fingerprint density at radius 1 is 1.29 bits per heavy atom. The molecule has 2 aromatic carbocycles. The third-order valence-electron chi connectivity index (χ3n) is 6.58. The van der Waals surface area contributed by atoms with E-state index in [0.717, 1.165) is 28.8 Å². The van der Waals surface area contributed by atoms with Crippen molar-refractivity contribution in [3.05, 3.63) is 53.1 Å². The Morgan fingerprint density at radius 2 is 2.09 bits per heavy atom. The molecule has 2 aromatic rings. The van der Waals surface area contributed by atoms with E-state index in [2.05, 4.69) is 16.7 Å². The van der Waals surface area contributed by atoms with Crippen LogP contribution < -0.4 is 20.1 Å². The standard InChI is InChI=1S/C26H33N3O4S/c1-6-32-20-10-7-9-18-22-21(24(30)27-19-12-11-16(2)15-17(19)3)26(4,33-23(18)20)29(25(34)28-22)13-8-14-31-5/h7,9-12,15,21-22H,6,8,13-14H2,1-5H3,(H,27,30)(H,28,34)/t21-,22+,26+/m0/s1. The van der Waals surface area contributed by atoms with Crippen LogP contribution in [0.1, 0.15) is 43.0 Å². The molecule has 182 valence electrons. The van der Waals surface area contributed by atoms with E-state index in [0.29, 0.717) is 36.4 Å². The summed E-state index contributed by atoms with van der Waals surface area (Å²) in [5.41, 5.74) is 2.81. The smallest absolute Gasteiger partial charge is 0.236 e. The molecule has 0 spiro atoms. The lowest BCUT2D eigenvalue weighted by Crippen LogP contribution is -2.71. The van der Waals surface area contributed by atoms with Gasteiger partial charge in [-0.3, -0.25) is 4.79 Å². The fourth-order valence-electron chi connectivity index (χ4n) is 4.96. The molecule has 0 saturated carbocycles. The number of methoxy groups -OCH3 is 1. The van der Waals surface area contributed by atoms with E-state index in [1.807, 2.05) is 62.9 Å². The van der Waals surface area contributed by atoms with Crippen molar-refractivity contribution in [3.8, 4) is 11.5 Å². The van der Waals surface area contributed by atoms with E-state index in [4.69, 9.17) is 26.4 Å². The van der Waals surface area contributed by atoms with Crippen LogP contribution in [0.25, 0.3) is 0 Å². The Balaban J connectivity index is 1.76.